The predicted molar refractivity (Wildman–Crippen MR) is 96.6 cm³/mol. The van der Waals surface area contributed by atoms with E-state index in [4.69, 9.17) is 4.74 Å². The molecule has 0 bridgehead atoms. The van der Waals surface area contributed by atoms with Gasteiger partial charge in [-0.05, 0) is 37.5 Å². The number of thiazole rings is 1. The highest BCUT2D eigenvalue weighted by Gasteiger charge is 2.29. The number of esters is 1. The second kappa shape index (κ2) is 8.40. The number of rotatable bonds is 5. The molecule has 1 fully saturated rings. The topological polar surface area (TPSA) is 59.5 Å². The zero-order valence-corrected chi connectivity index (χ0v) is 15.4. The van der Waals surface area contributed by atoms with Crippen molar-refractivity contribution in [3.05, 3.63) is 51.7 Å². The van der Waals surface area contributed by atoms with Crippen LogP contribution in [0.25, 0.3) is 0 Å². The number of hydrogen-bond acceptors (Lipinski definition) is 5. The Morgan fingerprint density at radius 2 is 2.12 bits per heavy atom. The first-order chi connectivity index (χ1) is 12.6. The van der Waals surface area contributed by atoms with Crippen molar-refractivity contribution in [2.75, 3.05) is 19.7 Å². The molecule has 2 aromatic rings. The summed E-state index contributed by atoms with van der Waals surface area (Å²) in [5.74, 6) is -0.697. The van der Waals surface area contributed by atoms with Gasteiger partial charge in [0.15, 0.2) is 0 Å². The van der Waals surface area contributed by atoms with E-state index in [9.17, 15) is 14.0 Å². The van der Waals surface area contributed by atoms with Crippen molar-refractivity contribution in [3.8, 4) is 0 Å². The van der Waals surface area contributed by atoms with Gasteiger partial charge in [0.2, 0.25) is 0 Å². The second-order valence-corrected chi connectivity index (χ2v) is 7.19. The predicted octanol–water partition coefficient (Wildman–Crippen LogP) is 3.29. The number of halogens is 1. The molecule has 0 unspecified atom stereocenters. The lowest BCUT2D eigenvalue weighted by Gasteiger charge is -2.30. The molecule has 3 rings (SSSR count). The van der Waals surface area contributed by atoms with Crippen molar-refractivity contribution >= 4 is 23.2 Å². The van der Waals surface area contributed by atoms with E-state index in [1.165, 1.54) is 23.5 Å². The number of aromatic nitrogens is 1. The molecule has 0 saturated carbocycles. The molecule has 138 valence electrons. The Kier molecular flexibility index (Phi) is 5.98. The van der Waals surface area contributed by atoms with Gasteiger partial charge in [0.25, 0.3) is 5.91 Å². The van der Waals surface area contributed by atoms with Gasteiger partial charge in [0.05, 0.1) is 17.5 Å². The van der Waals surface area contributed by atoms with Crippen LogP contribution in [-0.2, 0) is 16.0 Å². The van der Waals surface area contributed by atoms with Crippen molar-refractivity contribution in [2.45, 2.75) is 26.2 Å². The fourth-order valence-electron chi connectivity index (χ4n) is 3.05. The van der Waals surface area contributed by atoms with E-state index in [0.29, 0.717) is 44.7 Å². The molecular weight excluding hydrogens is 355 g/mol. The Hall–Kier alpha value is -2.28. The van der Waals surface area contributed by atoms with Crippen molar-refractivity contribution in [3.63, 3.8) is 0 Å². The van der Waals surface area contributed by atoms with Gasteiger partial charge in [-0.15, -0.1) is 11.3 Å². The SMILES string of the molecule is CCOC(=O)C1CCN(C(=O)c2csc(Cc3cccc(F)c3)n2)CC1. The fourth-order valence-corrected chi connectivity index (χ4v) is 3.85. The van der Waals surface area contributed by atoms with Gasteiger partial charge in [0, 0.05) is 24.9 Å². The maximum atomic E-state index is 13.3. The van der Waals surface area contributed by atoms with Gasteiger partial charge in [-0.3, -0.25) is 9.59 Å². The van der Waals surface area contributed by atoms with Gasteiger partial charge in [0.1, 0.15) is 11.5 Å². The van der Waals surface area contributed by atoms with E-state index < -0.39 is 0 Å². The Morgan fingerprint density at radius 1 is 1.35 bits per heavy atom. The van der Waals surface area contributed by atoms with E-state index in [1.807, 2.05) is 6.07 Å². The number of likely N-dealkylation sites (tertiary alicyclic amines) is 1. The lowest BCUT2D eigenvalue weighted by molar-refractivity contribution is -0.149. The van der Waals surface area contributed by atoms with Crippen molar-refractivity contribution in [1.29, 1.82) is 0 Å². The summed E-state index contributed by atoms with van der Waals surface area (Å²) in [5, 5.41) is 2.52. The number of carbonyl (C=O) groups excluding carboxylic acids is 2. The minimum Gasteiger partial charge on any atom is -0.466 e. The summed E-state index contributed by atoms with van der Waals surface area (Å²) in [4.78, 5) is 30.5. The number of benzene rings is 1. The molecule has 1 aliphatic heterocycles. The molecule has 2 heterocycles. The van der Waals surface area contributed by atoms with Crippen LogP contribution >= 0.6 is 11.3 Å². The number of piperidine rings is 1. The number of amides is 1. The van der Waals surface area contributed by atoms with E-state index in [2.05, 4.69) is 4.98 Å². The minimum atomic E-state index is -0.278. The molecule has 1 saturated heterocycles. The minimum absolute atomic E-state index is 0.117. The summed E-state index contributed by atoms with van der Waals surface area (Å²) < 4.78 is 18.3. The monoisotopic (exact) mass is 376 g/mol. The number of ether oxygens (including phenoxy) is 1. The van der Waals surface area contributed by atoms with Crippen LogP contribution in [0, 0.1) is 11.7 Å². The zero-order chi connectivity index (χ0) is 18.5. The van der Waals surface area contributed by atoms with Gasteiger partial charge < -0.3 is 9.64 Å². The summed E-state index contributed by atoms with van der Waals surface area (Å²) in [6.07, 6.45) is 1.73. The first-order valence-corrected chi connectivity index (χ1v) is 9.59. The third-order valence-corrected chi connectivity index (χ3v) is 5.27. The molecule has 0 radical (unpaired) electrons. The maximum Gasteiger partial charge on any atom is 0.309 e. The van der Waals surface area contributed by atoms with E-state index in [-0.39, 0.29) is 23.6 Å². The van der Waals surface area contributed by atoms with Crippen LogP contribution in [-0.4, -0.2) is 41.5 Å². The second-order valence-electron chi connectivity index (χ2n) is 6.25. The normalized spacial score (nSPS) is 15.1. The summed E-state index contributed by atoms with van der Waals surface area (Å²) in [7, 11) is 0. The van der Waals surface area contributed by atoms with Crippen LogP contribution in [0.1, 0.15) is 40.8 Å². The molecule has 7 heteroatoms. The average molecular weight is 376 g/mol. The van der Waals surface area contributed by atoms with E-state index in [0.717, 1.165) is 10.6 Å². The van der Waals surface area contributed by atoms with Crippen LogP contribution in [0.3, 0.4) is 0 Å². The molecular formula is C19H21FN2O3S. The maximum absolute atomic E-state index is 13.3. The summed E-state index contributed by atoms with van der Waals surface area (Å²) in [6.45, 7) is 3.23. The first kappa shape index (κ1) is 18.5. The van der Waals surface area contributed by atoms with Crippen LogP contribution in [0.4, 0.5) is 4.39 Å². The Labute approximate surface area is 155 Å². The summed E-state index contributed by atoms with van der Waals surface area (Å²) in [5.41, 5.74) is 1.24. The van der Waals surface area contributed by atoms with Gasteiger partial charge in [-0.25, -0.2) is 9.37 Å². The highest BCUT2D eigenvalue weighted by atomic mass is 32.1. The smallest absolute Gasteiger partial charge is 0.309 e. The molecule has 0 spiro atoms. The molecule has 26 heavy (non-hydrogen) atoms. The first-order valence-electron chi connectivity index (χ1n) is 8.71. The molecule has 1 amide bonds. The van der Waals surface area contributed by atoms with Gasteiger partial charge in [-0.1, -0.05) is 12.1 Å². The summed E-state index contributed by atoms with van der Waals surface area (Å²) in [6, 6.07) is 6.38. The number of nitrogens with zero attached hydrogens (tertiary/aromatic N) is 2. The Bertz CT molecular complexity index is 785. The van der Waals surface area contributed by atoms with Crippen LogP contribution < -0.4 is 0 Å². The summed E-state index contributed by atoms with van der Waals surface area (Å²) >= 11 is 1.40. The highest BCUT2D eigenvalue weighted by Crippen LogP contribution is 2.22. The van der Waals surface area contributed by atoms with Crippen LogP contribution in [0.15, 0.2) is 29.6 Å². The molecule has 1 aromatic carbocycles. The van der Waals surface area contributed by atoms with Crippen LogP contribution in [0.2, 0.25) is 0 Å². The largest absolute Gasteiger partial charge is 0.466 e. The molecule has 1 aliphatic rings. The van der Waals surface area contributed by atoms with E-state index in [1.54, 1.807) is 23.3 Å². The quantitative estimate of drug-likeness (QED) is 0.752. The third-order valence-electron chi connectivity index (χ3n) is 4.42. The van der Waals surface area contributed by atoms with E-state index >= 15 is 0 Å². The lowest BCUT2D eigenvalue weighted by atomic mass is 9.97. The average Bonchev–Trinajstić information content (AvgIpc) is 3.10. The molecule has 0 aliphatic carbocycles. The fraction of sp³-hybridized carbons (Fsp3) is 0.421. The third kappa shape index (κ3) is 4.46. The highest BCUT2D eigenvalue weighted by molar-refractivity contribution is 7.09. The molecule has 5 nitrogen and oxygen atoms in total. The molecule has 0 N–H and O–H groups in total. The van der Waals surface area contributed by atoms with Crippen molar-refractivity contribution in [2.24, 2.45) is 5.92 Å². The molecule has 0 atom stereocenters. The Balaban J connectivity index is 1.58. The van der Waals surface area contributed by atoms with Crippen molar-refractivity contribution in [1.82, 2.24) is 9.88 Å². The van der Waals surface area contributed by atoms with Crippen LogP contribution in [0.5, 0.6) is 0 Å². The number of hydrogen-bond donors (Lipinski definition) is 0. The van der Waals surface area contributed by atoms with Gasteiger partial charge >= 0.3 is 5.97 Å². The lowest BCUT2D eigenvalue weighted by Crippen LogP contribution is -2.40. The van der Waals surface area contributed by atoms with Gasteiger partial charge in [-0.2, -0.15) is 0 Å². The molecule has 1 aromatic heterocycles. The van der Waals surface area contributed by atoms with Crippen molar-refractivity contribution < 1.29 is 18.7 Å². The zero-order valence-electron chi connectivity index (χ0n) is 14.6. The standard InChI is InChI=1S/C19H21FN2O3S/c1-2-25-19(24)14-6-8-22(9-7-14)18(23)16-12-26-17(21-16)11-13-4-3-5-15(20)10-13/h3-5,10,12,14H,2,6-9,11H2,1H3. The Morgan fingerprint density at radius 3 is 2.81 bits per heavy atom. The number of carbonyl (C=O) groups is 2.